The highest BCUT2D eigenvalue weighted by Gasteiger charge is 2.62. The fourth-order valence-electron chi connectivity index (χ4n) is 10.3. The zero-order valence-electron chi connectivity index (χ0n) is 35.7. The van der Waals surface area contributed by atoms with Crippen LogP contribution in [0.4, 0.5) is 4.79 Å². The Labute approximate surface area is 328 Å². The summed E-state index contributed by atoms with van der Waals surface area (Å²) >= 11 is 0. The maximum Gasteiger partial charge on any atom is 0.509 e. The number of ether oxygens (including phenoxy) is 10. The molecule has 14 heteroatoms. The first-order valence-corrected chi connectivity index (χ1v) is 20.4. The van der Waals surface area contributed by atoms with Crippen LogP contribution in [0.2, 0.25) is 0 Å². The zero-order chi connectivity index (χ0) is 40.8. The number of hydrogen-bond acceptors (Lipinski definition) is 14. The normalized spacial score (nSPS) is 48.1. The van der Waals surface area contributed by atoms with Gasteiger partial charge < -0.3 is 52.3 Å². The van der Waals surface area contributed by atoms with E-state index in [0.717, 1.165) is 0 Å². The Kier molecular flexibility index (Phi) is 13.6. The summed E-state index contributed by atoms with van der Waals surface area (Å²) < 4.78 is 64.4. The first-order chi connectivity index (χ1) is 25.6. The van der Waals surface area contributed by atoms with Crippen molar-refractivity contribution >= 4 is 18.1 Å². The number of carbonyl (C=O) groups is 3. The van der Waals surface area contributed by atoms with Crippen molar-refractivity contribution in [1.82, 2.24) is 4.90 Å². The molecule has 0 aromatic rings. The number of hydrogen-bond donors (Lipinski definition) is 0. The summed E-state index contributed by atoms with van der Waals surface area (Å²) in [6, 6.07) is -0.193. The van der Waals surface area contributed by atoms with Crippen LogP contribution in [0.3, 0.4) is 0 Å². The Hall–Kier alpha value is -2.07. The summed E-state index contributed by atoms with van der Waals surface area (Å²) in [4.78, 5) is 42.1. The van der Waals surface area contributed by atoms with Crippen LogP contribution in [0, 0.1) is 23.7 Å². The van der Waals surface area contributed by atoms with Crippen LogP contribution in [0.25, 0.3) is 0 Å². The van der Waals surface area contributed by atoms with Crippen LogP contribution in [-0.2, 0) is 57.0 Å². The van der Waals surface area contributed by atoms with Gasteiger partial charge in [0.15, 0.2) is 30.4 Å². The third-order valence-corrected chi connectivity index (χ3v) is 13.0. The predicted octanol–water partition coefficient (Wildman–Crippen LogP) is 5.80. The van der Waals surface area contributed by atoms with Gasteiger partial charge in [-0.15, -0.1) is 0 Å². The molecule has 316 valence electrons. The second-order valence-corrected chi connectivity index (χ2v) is 18.1. The largest absolute Gasteiger partial charge is 0.509 e. The second-order valence-electron chi connectivity index (χ2n) is 18.1. The summed E-state index contributed by atoms with van der Waals surface area (Å²) in [5, 5.41) is 0. The summed E-state index contributed by atoms with van der Waals surface area (Å²) in [5.74, 6) is -2.71. The van der Waals surface area contributed by atoms with Gasteiger partial charge in [-0.25, -0.2) is 4.79 Å². The van der Waals surface area contributed by atoms with Crippen molar-refractivity contribution in [2.45, 2.75) is 199 Å². The molecule has 5 fully saturated rings. The summed E-state index contributed by atoms with van der Waals surface area (Å²) in [7, 11) is 5.58. The molecule has 55 heavy (non-hydrogen) atoms. The Morgan fingerprint density at radius 1 is 0.891 bits per heavy atom. The van der Waals surface area contributed by atoms with E-state index in [1.165, 1.54) is 6.92 Å². The molecule has 0 N–H and O–H groups in total. The van der Waals surface area contributed by atoms with E-state index in [2.05, 4.69) is 6.92 Å². The molecule has 0 radical (unpaired) electrons. The van der Waals surface area contributed by atoms with Gasteiger partial charge in [-0.2, -0.15) is 0 Å². The Morgan fingerprint density at radius 2 is 1.58 bits per heavy atom. The van der Waals surface area contributed by atoms with Gasteiger partial charge in [-0.3, -0.25) is 9.59 Å². The SMILES string of the molecule is CCC[C@H]1OC(=O)[C@H](C)[C@@H](OC2CC(C)(OC)CC(C)O2)[C@H](C)[C@@H](OC2OC(C)CC(N(C)C)C2OC(C)=O)[C@@]2(C)C[C@@H](C)[C@@H](O2)[C@H](C)[C@H]2OC(=O)O[C@@]21C. The predicted molar refractivity (Wildman–Crippen MR) is 200 cm³/mol. The van der Waals surface area contributed by atoms with Crippen LogP contribution >= 0.6 is 0 Å². The molecule has 14 nitrogen and oxygen atoms in total. The van der Waals surface area contributed by atoms with Crippen LogP contribution in [0.1, 0.15) is 115 Å². The average Bonchev–Trinajstić information content (AvgIpc) is 3.58. The van der Waals surface area contributed by atoms with Crippen molar-refractivity contribution in [1.29, 1.82) is 0 Å². The van der Waals surface area contributed by atoms with Crippen molar-refractivity contribution in [3.05, 3.63) is 0 Å². The van der Waals surface area contributed by atoms with Crippen molar-refractivity contribution in [2.75, 3.05) is 21.2 Å². The lowest BCUT2D eigenvalue weighted by molar-refractivity contribution is -0.313. The molecule has 5 saturated heterocycles. The van der Waals surface area contributed by atoms with E-state index >= 15 is 0 Å². The van der Waals surface area contributed by atoms with Gasteiger partial charge in [0.1, 0.15) is 6.10 Å². The van der Waals surface area contributed by atoms with Gasteiger partial charge in [-0.05, 0) is 80.8 Å². The minimum atomic E-state index is -1.28. The lowest BCUT2D eigenvalue weighted by atomic mass is 9.76. The van der Waals surface area contributed by atoms with E-state index in [1.807, 2.05) is 67.5 Å². The molecule has 18 atom stereocenters. The van der Waals surface area contributed by atoms with Gasteiger partial charge in [-0.1, -0.05) is 34.1 Å². The number of methoxy groups -OCH3 is 1. The lowest BCUT2D eigenvalue weighted by Gasteiger charge is -2.48. The standard InChI is InChI=1S/C41H69NO13/c1-15-16-29-41(11)35(53-38(45)55-41)24(5)31-21(2)18-40(10,54-31)34(52-37-33(49-27(8)43)28(42(12)13)17-22(3)48-37)25(6)32(26(7)36(44)50-29)51-30-20-39(9,46-14)19-23(4)47-30/h21-26,28-35,37H,15-20H2,1-14H3/t21-,22?,23?,24+,25+,26-,28?,29-,30?,31-,32+,33?,34-,35-,37?,39?,40-,41-/m1/s1. The van der Waals surface area contributed by atoms with Crippen molar-refractivity contribution in [3.63, 3.8) is 0 Å². The van der Waals surface area contributed by atoms with Crippen molar-refractivity contribution < 1.29 is 61.8 Å². The Morgan fingerprint density at radius 3 is 2.20 bits per heavy atom. The van der Waals surface area contributed by atoms with E-state index < -0.39 is 95.9 Å². The Balaban J connectivity index is 1.64. The average molecular weight is 784 g/mol. The van der Waals surface area contributed by atoms with Crippen LogP contribution in [0.5, 0.6) is 0 Å². The third-order valence-electron chi connectivity index (χ3n) is 13.0. The molecule has 5 aliphatic rings. The van der Waals surface area contributed by atoms with Gasteiger partial charge in [0.2, 0.25) is 0 Å². The monoisotopic (exact) mass is 783 g/mol. The minimum Gasteiger partial charge on any atom is -0.458 e. The number of cyclic esters (lactones) is 1. The van der Waals surface area contributed by atoms with Gasteiger partial charge in [0, 0.05) is 38.7 Å². The smallest absolute Gasteiger partial charge is 0.458 e. The van der Waals surface area contributed by atoms with E-state index in [0.29, 0.717) is 38.5 Å². The maximum absolute atomic E-state index is 14.6. The fourth-order valence-corrected chi connectivity index (χ4v) is 10.3. The number of rotatable bonds is 9. The molecule has 2 bridgehead atoms. The molecule has 0 aromatic carbocycles. The van der Waals surface area contributed by atoms with Crippen LogP contribution < -0.4 is 0 Å². The van der Waals surface area contributed by atoms with E-state index in [1.54, 1.807) is 21.0 Å². The molecule has 0 aromatic heterocycles. The molecule has 5 aliphatic heterocycles. The van der Waals surface area contributed by atoms with E-state index in [4.69, 9.17) is 47.4 Å². The summed E-state index contributed by atoms with van der Waals surface area (Å²) in [6.07, 6.45) is -3.77. The molecule has 0 spiro atoms. The van der Waals surface area contributed by atoms with Crippen LogP contribution in [0.15, 0.2) is 0 Å². The lowest BCUT2D eigenvalue weighted by Crippen LogP contribution is -2.60. The number of esters is 2. The van der Waals surface area contributed by atoms with Crippen molar-refractivity contribution in [2.24, 2.45) is 23.7 Å². The number of nitrogens with zero attached hydrogens (tertiary/aromatic N) is 1. The first-order valence-electron chi connectivity index (χ1n) is 20.4. The molecule has 5 heterocycles. The molecule has 5 rings (SSSR count). The highest BCUT2D eigenvalue weighted by atomic mass is 16.8. The number of fused-ring (bicyclic) bond motifs is 3. The van der Waals surface area contributed by atoms with Gasteiger partial charge in [0.05, 0.1) is 53.7 Å². The molecular weight excluding hydrogens is 714 g/mol. The quantitative estimate of drug-likeness (QED) is 0.205. The highest BCUT2D eigenvalue weighted by molar-refractivity contribution is 5.73. The first kappa shape index (κ1) is 44.0. The maximum atomic E-state index is 14.6. The summed E-state index contributed by atoms with van der Waals surface area (Å²) in [5.41, 5.74) is -2.76. The molecule has 0 aliphatic carbocycles. The highest BCUT2D eigenvalue weighted by Crippen LogP contribution is 2.50. The molecule has 0 amide bonds. The van der Waals surface area contributed by atoms with Gasteiger partial charge >= 0.3 is 18.1 Å². The fraction of sp³-hybridized carbons (Fsp3) is 0.927. The topological polar surface area (TPSA) is 147 Å². The second kappa shape index (κ2) is 17.0. The summed E-state index contributed by atoms with van der Waals surface area (Å²) in [6.45, 7) is 21.1. The Bertz CT molecular complexity index is 1360. The third kappa shape index (κ3) is 9.15. The molecule has 0 saturated carbocycles. The van der Waals surface area contributed by atoms with E-state index in [9.17, 15) is 14.4 Å². The van der Waals surface area contributed by atoms with E-state index in [-0.39, 0.29) is 30.1 Å². The minimum absolute atomic E-state index is 0.0105. The van der Waals surface area contributed by atoms with Crippen LogP contribution in [-0.4, -0.2) is 128 Å². The molecular formula is C41H69NO13. The number of carbonyl (C=O) groups excluding carboxylic acids is 3. The molecule has 7 unspecified atom stereocenters. The van der Waals surface area contributed by atoms with Crippen molar-refractivity contribution in [3.8, 4) is 0 Å². The zero-order valence-corrected chi connectivity index (χ0v) is 35.7. The number of likely N-dealkylation sites (N-methyl/N-ethyl adjacent to an activating group) is 1. The van der Waals surface area contributed by atoms with Gasteiger partial charge in [0.25, 0.3) is 0 Å².